The predicted molar refractivity (Wildman–Crippen MR) is 67.6 cm³/mol. The molecule has 1 heterocycles. The third-order valence-corrected chi connectivity index (χ3v) is 3.14. The maximum atomic E-state index is 12.0. The van der Waals surface area contributed by atoms with Crippen LogP contribution in [0, 0.1) is 11.3 Å². The van der Waals surface area contributed by atoms with Gasteiger partial charge in [-0.25, -0.2) is 0 Å². The van der Waals surface area contributed by atoms with Gasteiger partial charge in [0.05, 0.1) is 16.3 Å². The lowest BCUT2D eigenvalue weighted by molar-refractivity contribution is -0.274. The number of nitrogens with zero attached hydrogens (tertiary/aromatic N) is 1. The maximum absolute atomic E-state index is 12.0. The van der Waals surface area contributed by atoms with Crippen molar-refractivity contribution in [2.45, 2.75) is 6.36 Å². The molecule has 1 N–H and O–H groups in total. The average Bonchev–Trinajstić information content (AvgIpc) is 2.64. The van der Waals surface area contributed by atoms with Gasteiger partial charge in [0, 0.05) is 0 Å². The van der Waals surface area contributed by atoms with E-state index in [-0.39, 0.29) is 21.5 Å². The molecule has 3 nitrogen and oxygen atoms in total. The molecule has 0 aliphatic carbocycles. The van der Waals surface area contributed by atoms with Gasteiger partial charge in [0.1, 0.15) is 17.0 Å². The fourth-order valence-electron chi connectivity index (χ4n) is 1.59. The van der Waals surface area contributed by atoms with Crippen LogP contribution in [0.4, 0.5) is 13.2 Å². The summed E-state index contributed by atoms with van der Waals surface area (Å²) in [5, 5.41) is 9.16. The average molecular weight is 321 g/mol. The molecule has 0 aliphatic heterocycles. The second-order valence-corrected chi connectivity index (χ2v) is 4.44. The highest BCUT2D eigenvalue weighted by atomic mass is 35.5. The monoisotopic (exact) mass is 320 g/mol. The van der Waals surface area contributed by atoms with Crippen molar-refractivity contribution in [2.75, 3.05) is 0 Å². The second-order valence-electron chi connectivity index (χ2n) is 3.69. The van der Waals surface area contributed by atoms with Crippen LogP contribution < -0.4 is 4.74 Å². The normalized spacial score (nSPS) is 11.2. The molecule has 0 aliphatic rings. The number of hydrogen-bond acceptors (Lipinski definition) is 2. The van der Waals surface area contributed by atoms with Gasteiger partial charge in [-0.1, -0.05) is 23.2 Å². The van der Waals surface area contributed by atoms with E-state index in [2.05, 4.69) is 9.72 Å². The molecule has 20 heavy (non-hydrogen) atoms. The van der Waals surface area contributed by atoms with Crippen LogP contribution in [0.3, 0.4) is 0 Å². The first-order valence-electron chi connectivity index (χ1n) is 5.15. The molecule has 1 aromatic carbocycles. The van der Waals surface area contributed by atoms with Crippen molar-refractivity contribution in [3.63, 3.8) is 0 Å². The van der Waals surface area contributed by atoms with E-state index in [0.29, 0.717) is 11.3 Å². The lowest BCUT2D eigenvalue weighted by atomic mass is 10.1. The van der Waals surface area contributed by atoms with E-state index in [9.17, 15) is 13.2 Å². The van der Waals surface area contributed by atoms with Crippen LogP contribution in [0.5, 0.6) is 5.75 Å². The number of aromatic nitrogens is 1. The Morgan fingerprint density at radius 2 is 1.75 bits per heavy atom. The molecule has 2 aromatic rings. The molecule has 0 saturated heterocycles. The van der Waals surface area contributed by atoms with Crippen LogP contribution in [-0.4, -0.2) is 11.3 Å². The largest absolute Gasteiger partial charge is 0.573 e. The van der Waals surface area contributed by atoms with Gasteiger partial charge >= 0.3 is 6.36 Å². The zero-order valence-corrected chi connectivity index (χ0v) is 11.1. The molecular formula is C12H5Cl2F3N2O. The molecule has 0 fully saturated rings. The Kier molecular flexibility index (Phi) is 3.84. The van der Waals surface area contributed by atoms with E-state index in [1.807, 2.05) is 6.07 Å². The Morgan fingerprint density at radius 3 is 2.25 bits per heavy atom. The maximum Gasteiger partial charge on any atom is 0.573 e. The number of benzene rings is 1. The van der Waals surface area contributed by atoms with Crippen LogP contribution in [0.1, 0.15) is 5.56 Å². The quantitative estimate of drug-likeness (QED) is 0.867. The number of halogens is 5. The number of aromatic amines is 1. The summed E-state index contributed by atoms with van der Waals surface area (Å²) in [6.07, 6.45) is -4.75. The van der Waals surface area contributed by atoms with Crippen molar-refractivity contribution in [2.24, 2.45) is 0 Å². The van der Waals surface area contributed by atoms with Gasteiger partial charge in [-0.15, -0.1) is 13.2 Å². The molecule has 2 rings (SSSR count). The third-order valence-electron chi connectivity index (χ3n) is 2.39. The van der Waals surface area contributed by atoms with Crippen molar-refractivity contribution >= 4 is 23.2 Å². The minimum absolute atomic E-state index is 0.0692. The smallest absolute Gasteiger partial charge is 0.406 e. The third kappa shape index (κ3) is 3.00. The highest BCUT2D eigenvalue weighted by molar-refractivity contribution is 6.42. The van der Waals surface area contributed by atoms with E-state index < -0.39 is 6.36 Å². The molecule has 0 unspecified atom stereocenters. The number of H-pyrrole nitrogens is 1. The molecule has 0 radical (unpaired) electrons. The van der Waals surface area contributed by atoms with Gasteiger partial charge in [0.2, 0.25) is 0 Å². The molecule has 8 heteroatoms. The summed E-state index contributed by atoms with van der Waals surface area (Å²) >= 11 is 11.6. The molecular weight excluding hydrogens is 316 g/mol. The minimum atomic E-state index is -4.75. The van der Waals surface area contributed by atoms with Gasteiger partial charge in [0.25, 0.3) is 0 Å². The SMILES string of the molecule is N#Cc1c(-c2ccc(OC(F)(F)F)cc2)[nH]c(Cl)c1Cl. The van der Waals surface area contributed by atoms with Gasteiger partial charge in [-0.2, -0.15) is 5.26 Å². The van der Waals surface area contributed by atoms with Gasteiger partial charge in [0.15, 0.2) is 0 Å². The van der Waals surface area contributed by atoms with Crippen LogP contribution in [0.25, 0.3) is 11.3 Å². The lowest BCUT2D eigenvalue weighted by Gasteiger charge is -2.09. The summed E-state index contributed by atoms with van der Waals surface area (Å²) in [4.78, 5) is 2.70. The summed E-state index contributed by atoms with van der Waals surface area (Å²) in [7, 11) is 0. The minimum Gasteiger partial charge on any atom is -0.406 e. The number of nitriles is 1. The summed E-state index contributed by atoms with van der Waals surface area (Å²) in [6, 6.07) is 6.86. The van der Waals surface area contributed by atoms with Gasteiger partial charge < -0.3 is 9.72 Å². The number of hydrogen-bond donors (Lipinski definition) is 1. The highest BCUT2D eigenvalue weighted by Crippen LogP contribution is 2.34. The van der Waals surface area contributed by atoms with E-state index in [1.165, 1.54) is 12.1 Å². The Labute approximate surface area is 121 Å². The molecule has 104 valence electrons. The van der Waals surface area contributed by atoms with Crippen LogP contribution in [0.2, 0.25) is 10.2 Å². The van der Waals surface area contributed by atoms with E-state index >= 15 is 0 Å². The molecule has 1 aromatic heterocycles. The van der Waals surface area contributed by atoms with Crippen LogP contribution in [-0.2, 0) is 0 Å². The first-order valence-corrected chi connectivity index (χ1v) is 5.90. The molecule has 0 spiro atoms. The Hall–Kier alpha value is -1.84. The van der Waals surface area contributed by atoms with E-state index in [4.69, 9.17) is 28.5 Å². The summed E-state index contributed by atoms with van der Waals surface area (Å²) < 4.78 is 39.9. The first kappa shape index (κ1) is 14.6. The number of nitrogens with one attached hydrogen (secondary N) is 1. The molecule has 0 atom stereocenters. The van der Waals surface area contributed by atoms with Crippen molar-refractivity contribution in [1.82, 2.24) is 4.98 Å². The zero-order chi connectivity index (χ0) is 14.9. The van der Waals surface area contributed by atoms with Crippen molar-refractivity contribution in [3.05, 3.63) is 40.0 Å². The van der Waals surface area contributed by atoms with Crippen LogP contribution in [0.15, 0.2) is 24.3 Å². The van der Waals surface area contributed by atoms with E-state index in [1.54, 1.807) is 0 Å². The number of alkyl halides is 3. The lowest BCUT2D eigenvalue weighted by Crippen LogP contribution is -2.16. The predicted octanol–water partition coefficient (Wildman–Crippen LogP) is 4.76. The Bertz CT molecular complexity index is 672. The fourth-order valence-corrected chi connectivity index (χ4v) is 1.96. The molecule has 0 amide bonds. The number of rotatable bonds is 2. The van der Waals surface area contributed by atoms with Gasteiger partial charge in [-0.3, -0.25) is 0 Å². The standard InChI is InChI=1S/C12H5Cl2F3N2O/c13-9-8(5-18)10(19-11(9)14)6-1-3-7(4-2-6)20-12(15,16)17/h1-4,19H. The summed E-state index contributed by atoms with van der Waals surface area (Å²) in [5.74, 6) is -0.358. The van der Waals surface area contributed by atoms with Crippen LogP contribution >= 0.6 is 23.2 Å². The fraction of sp³-hybridized carbons (Fsp3) is 0.0833. The second kappa shape index (κ2) is 5.27. The Morgan fingerprint density at radius 1 is 1.15 bits per heavy atom. The number of ether oxygens (including phenoxy) is 1. The highest BCUT2D eigenvalue weighted by Gasteiger charge is 2.31. The first-order chi connectivity index (χ1) is 9.31. The van der Waals surface area contributed by atoms with Crippen molar-refractivity contribution in [1.29, 1.82) is 5.26 Å². The Balaban J connectivity index is 2.36. The molecule has 0 bridgehead atoms. The molecule has 0 saturated carbocycles. The topological polar surface area (TPSA) is 48.8 Å². The van der Waals surface area contributed by atoms with E-state index in [0.717, 1.165) is 12.1 Å². The summed E-state index contributed by atoms with van der Waals surface area (Å²) in [5.41, 5.74) is 0.923. The van der Waals surface area contributed by atoms with Crippen molar-refractivity contribution < 1.29 is 17.9 Å². The summed E-state index contributed by atoms with van der Waals surface area (Å²) in [6.45, 7) is 0. The zero-order valence-electron chi connectivity index (χ0n) is 9.55. The van der Waals surface area contributed by atoms with Gasteiger partial charge in [-0.05, 0) is 29.8 Å². The van der Waals surface area contributed by atoms with Crippen molar-refractivity contribution in [3.8, 4) is 23.1 Å².